The van der Waals surface area contributed by atoms with Crippen molar-refractivity contribution in [1.82, 2.24) is 4.90 Å². The summed E-state index contributed by atoms with van der Waals surface area (Å²) in [7, 11) is 0. The van der Waals surface area contributed by atoms with Crippen molar-refractivity contribution < 1.29 is 18.7 Å². The predicted molar refractivity (Wildman–Crippen MR) is 98.0 cm³/mol. The third kappa shape index (κ3) is 3.13. The first-order chi connectivity index (χ1) is 12.3. The molecule has 6 heteroatoms. The molecule has 2 unspecified atom stereocenters. The Bertz CT molecular complexity index is 742. The van der Waals surface area contributed by atoms with Crippen molar-refractivity contribution in [3.63, 3.8) is 0 Å². The second kappa shape index (κ2) is 6.18. The molecule has 2 atom stereocenters. The number of hydrogen-bond donors (Lipinski definition) is 0. The molecule has 0 spiro atoms. The highest BCUT2D eigenvalue weighted by Crippen LogP contribution is 2.37. The standard InChI is InChI=1S/C20H25FN2O3/c1-20(2,3)26-19(24)23-13-6-7-14(23)12-22(11-13)15-9-17(21)16-5-4-8-25-18(16)10-15/h4-5,9-10,13-14H,6-8,11-12H2,1-3H3. The second-order valence-electron chi connectivity index (χ2n) is 8.23. The van der Waals surface area contributed by atoms with Crippen LogP contribution in [0, 0.1) is 5.82 Å². The van der Waals surface area contributed by atoms with E-state index in [1.54, 1.807) is 12.1 Å². The lowest BCUT2D eigenvalue weighted by Crippen LogP contribution is -2.56. The summed E-state index contributed by atoms with van der Waals surface area (Å²) in [5.41, 5.74) is 0.827. The van der Waals surface area contributed by atoms with Crippen molar-refractivity contribution in [3.05, 3.63) is 29.6 Å². The van der Waals surface area contributed by atoms with Crippen LogP contribution in [0.1, 0.15) is 39.2 Å². The van der Waals surface area contributed by atoms with E-state index in [9.17, 15) is 9.18 Å². The Morgan fingerprint density at radius 1 is 1.23 bits per heavy atom. The van der Waals surface area contributed by atoms with Gasteiger partial charge in [-0.3, -0.25) is 4.90 Å². The molecule has 1 aromatic carbocycles. The average Bonchev–Trinajstić information content (AvgIpc) is 2.84. The van der Waals surface area contributed by atoms with Crippen LogP contribution in [-0.4, -0.2) is 48.4 Å². The minimum absolute atomic E-state index is 0.100. The predicted octanol–water partition coefficient (Wildman–Crippen LogP) is 3.82. The number of carbonyl (C=O) groups is 1. The van der Waals surface area contributed by atoms with Gasteiger partial charge in [0, 0.05) is 24.8 Å². The SMILES string of the molecule is CC(C)(C)OC(=O)N1C2CCC1CN(c1cc(F)c3c(c1)OCC=C3)C2. The van der Waals surface area contributed by atoms with Crippen molar-refractivity contribution in [3.8, 4) is 5.75 Å². The fraction of sp³-hybridized carbons (Fsp3) is 0.550. The van der Waals surface area contributed by atoms with Crippen LogP contribution in [0.2, 0.25) is 0 Å². The normalized spacial score (nSPS) is 24.3. The summed E-state index contributed by atoms with van der Waals surface area (Å²) in [6.45, 7) is 7.48. The zero-order chi connectivity index (χ0) is 18.5. The van der Waals surface area contributed by atoms with Crippen LogP contribution < -0.4 is 9.64 Å². The molecular weight excluding hydrogens is 335 g/mol. The van der Waals surface area contributed by atoms with Crippen LogP contribution in [0.25, 0.3) is 6.08 Å². The van der Waals surface area contributed by atoms with E-state index in [1.807, 2.05) is 37.8 Å². The third-order valence-corrected chi connectivity index (χ3v) is 5.15. The molecule has 5 nitrogen and oxygen atoms in total. The number of piperazine rings is 1. The Hall–Kier alpha value is -2.24. The van der Waals surface area contributed by atoms with E-state index >= 15 is 0 Å². The average molecular weight is 360 g/mol. The highest BCUT2D eigenvalue weighted by Gasteiger charge is 2.44. The number of halogens is 1. The van der Waals surface area contributed by atoms with Gasteiger partial charge in [0.05, 0.1) is 17.6 Å². The van der Waals surface area contributed by atoms with Crippen LogP contribution in [-0.2, 0) is 4.74 Å². The quantitative estimate of drug-likeness (QED) is 0.764. The lowest BCUT2D eigenvalue weighted by atomic mass is 10.1. The van der Waals surface area contributed by atoms with Gasteiger partial charge in [0.2, 0.25) is 0 Å². The molecule has 1 aromatic rings. The molecule has 0 N–H and O–H groups in total. The van der Waals surface area contributed by atoms with E-state index in [2.05, 4.69) is 4.90 Å². The number of amides is 1. The van der Waals surface area contributed by atoms with E-state index in [4.69, 9.17) is 9.47 Å². The lowest BCUT2D eigenvalue weighted by molar-refractivity contribution is 0.0123. The Kier molecular flexibility index (Phi) is 4.09. The fourth-order valence-corrected chi connectivity index (χ4v) is 4.07. The van der Waals surface area contributed by atoms with Crippen molar-refractivity contribution in [2.45, 2.75) is 51.3 Å². The van der Waals surface area contributed by atoms with Gasteiger partial charge in [-0.25, -0.2) is 9.18 Å². The van der Waals surface area contributed by atoms with E-state index in [0.717, 1.165) is 18.5 Å². The zero-order valence-electron chi connectivity index (χ0n) is 15.5. The molecule has 140 valence electrons. The maximum absolute atomic E-state index is 14.4. The molecular formula is C20H25FN2O3. The van der Waals surface area contributed by atoms with Gasteiger partial charge in [-0.15, -0.1) is 0 Å². The van der Waals surface area contributed by atoms with E-state index in [-0.39, 0.29) is 24.0 Å². The number of nitrogens with zero attached hydrogens (tertiary/aromatic N) is 2. The molecule has 0 aliphatic carbocycles. The van der Waals surface area contributed by atoms with Crippen molar-refractivity contribution in [2.24, 2.45) is 0 Å². The van der Waals surface area contributed by atoms with E-state index in [1.165, 1.54) is 0 Å². The summed E-state index contributed by atoms with van der Waals surface area (Å²) in [6.07, 6.45) is 5.24. The number of fused-ring (bicyclic) bond motifs is 3. The Labute approximate surface area is 153 Å². The van der Waals surface area contributed by atoms with Gasteiger partial charge in [-0.2, -0.15) is 0 Å². The molecule has 26 heavy (non-hydrogen) atoms. The first-order valence-electron chi connectivity index (χ1n) is 9.21. The van der Waals surface area contributed by atoms with Gasteiger partial charge in [0.1, 0.15) is 23.8 Å². The Morgan fingerprint density at radius 3 is 2.58 bits per heavy atom. The van der Waals surface area contributed by atoms with Gasteiger partial charge >= 0.3 is 6.09 Å². The molecule has 0 saturated carbocycles. The smallest absolute Gasteiger partial charge is 0.410 e. The number of hydrogen-bond acceptors (Lipinski definition) is 4. The molecule has 1 amide bonds. The summed E-state index contributed by atoms with van der Waals surface area (Å²) >= 11 is 0. The summed E-state index contributed by atoms with van der Waals surface area (Å²) in [5, 5.41) is 0. The number of benzene rings is 1. The van der Waals surface area contributed by atoms with Crippen LogP contribution in [0.4, 0.5) is 14.9 Å². The molecule has 0 radical (unpaired) electrons. The van der Waals surface area contributed by atoms with Gasteiger partial charge in [0.15, 0.2) is 0 Å². The monoisotopic (exact) mass is 360 g/mol. The summed E-state index contributed by atoms with van der Waals surface area (Å²) in [4.78, 5) is 16.6. The van der Waals surface area contributed by atoms with Crippen molar-refractivity contribution in [1.29, 1.82) is 0 Å². The van der Waals surface area contributed by atoms with Crippen molar-refractivity contribution >= 4 is 17.9 Å². The van der Waals surface area contributed by atoms with Crippen LogP contribution >= 0.6 is 0 Å². The largest absolute Gasteiger partial charge is 0.489 e. The molecule has 4 rings (SSSR count). The number of carbonyl (C=O) groups excluding carboxylic acids is 1. The van der Waals surface area contributed by atoms with Crippen molar-refractivity contribution in [2.75, 3.05) is 24.6 Å². The molecule has 3 aliphatic heterocycles. The number of rotatable bonds is 1. The van der Waals surface area contributed by atoms with Crippen LogP contribution in [0.3, 0.4) is 0 Å². The molecule has 3 aliphatic rings. The first-order valence-corrected chi connectivity index (χ1v) is 9.21. The lowest BCUT2D eigenvalue weighted by Gasteiger charge is -2.42. The molecule has 2 fully saturated rings. The maximum atomic E-state index is 14.4. The molecule has 0 aromatic heterocycles. The topological polar surface area (TPSA) is 42.0 Å². The minimum Gasteiger partial charge on any atom is -0.489 e. The minimum atomic E-state index is -0.500. The summed E-state index contributed by atoms with van der Waals surface area (Å²) in [6, 6.07) is 3.68. The van der Waals surface area contributed by atoms with Gasteiger partial charge in [-0.1, -0.05) is 0 Å². The highest BCUT2D eigenvalue weighted by atomic mass is 19.1. The number of anilines is 1. The fourth-order valence-electron chi connectivity index (χ4n) is 4.07. The number of ether oxygens (including phenoxy) is 2. The first kappa shape index (κ1) is 17.2. The van der Waals surface area contributed by atoms with Gasteiger partial charge in [-0.05, 0) is 51.8 Å². The Balaban J connectivity index is 1.54. The molecule has 3 heterocycles. The zero-order valence-corrected chi connectivity index (χ0v) is 15.5. The van der Waals surface area contributed by atoms with Crippen LogP contribution in [0.15, 0.2) is 18.2 Å². The Morgan fingerprint density at radius 2 is 1.92 bits per heavy atom. The third-order valence-electron chi connectivity index (χ3n) is 5.15. The maximum Gasteiger partial charge on any atom is 0.410 e. The van der Waals surface area contributed by atoms with Gasteiger partial charge in [0.25, 0.3) is 0 Å². The second-order valence-corrected chi connectivity index (χ2v) is 8.23. The van der Waals surface area contributed by atoms with Crippen LogP contribution in [0.5, 0.6) is 5.75 Å². The summed E-state index contributed by atoms with van der Waals surface area (Å²) < 4.78 is 25.6. The van der Waals surface area contributed by atoms with E-state index in [0.29, 0.717) is 31.0 Å². The summed E-state index contributed by atoms with van der Waals surface area (Å²) in [5.74, 6) is 0.319. The van der Waals surface area contributed by atoms with Gasteiger partial charge < -0.3 is 14.4 Å². The van der Waals surface area contributed by atoms with E-state index < -0.39 is 5.60 Å². The molecule has 2 bridgehead atoms. The molecule has 2 saturated heterocycles. The highest BCUT2D eigenvalue weighted by molar-refractivity contribution is 5.71.